The SMILES string of the molecule is CC(C)Oc1ccc(-c2nc3cc(CN)ccc3o2)cc1. The van der Waals surface area contributed by atoms with Gasteiger partial charge >= 0.3 is 0 Å². The predicted octanol–water partition coefficient (Wildman–Crippen LogP) is 3.74. The quantitative estimate of drug-likeness (QED) is 0.791. The molecule has 0 saturated heterocycles. The maximum absolute atomic E-state index is 5.78. The van der Waals surface area contributed by atoms with E-state index in [0.717, 1.165) is 28.0 Å². The van der Waals surface area contributed by atoms with E-state index in [9.17, 15) is 0 Å². The van der Waals surface area contributed by atoms with Gasteiger partial charge in [0.2, 0.25) is 5.89 Å². The first kappa shape index (κ1) is 13.6. The molecule has 0 aliphatic rings. The maximum Gasteiger partial charge on any atom is 0.227 e. The summed E-state index contributed by atoms with van der Waals surface area (Å²) in [5, 5.41) is 0. The smallest absolute Gasteiger partial charge is 0.227 e. The van der Waals surface area contributed by atoms with Crippen molar-refractivity contribution in [1.82, 2.24) is 4.98 Å². The molecular weight excluding hydrogens is 264 g/mol. The van der Waals surface area contributed by atoms with Crippen molar-refractivity contribution in [2.24, 2.45) is 5.73 Å². The van der Waals surface area contributed by atoms with Crippen molar-refractivity contribution >= 4 is 11.1 Å². The molecule has 0 atom stereocenters. The number of fused-ring (bicyclic) bond motifs is 1. The lowest BCUT2D eigenvalue weighted by molar-refractivity contribution is 0.242. The van der Waals surface area contributed by atoms with Crippen LogP contribution in [0.15, 0.2) is 46.9 Å². The Hall–Kier alpha value is -2.33. The van der Waals surface area contributed by atoms with Crippen LogP contribution >= 0.6 is 0 Å². The number of benzene rings is 2. The van der Waals surface area contributed by atoms with E-state index in [4.69, 9.17) is 14.9 Å². The van der Waals surface area contributed by atoms with Gasteiger partial charge in [-0.1, -0.05) is 6.07 Å². The van der Waals surface area contributed by atoms with Crippen LogP contribution in [0.5, 0.6) is 5.75 Å². The van der Waals surface area contributed by atoms with E-state index in [2.05, 4.69) is 4.98 Å². The van der Waals surface area contributed by atoms with E-state index in [0.29, 0.717) is 12.4 Å². The summed E-state index contributed by atoms with van der Waals surface area (Å²) in [6.07, 6.45) is 0.162. The van der Waals surface area contributed by atoms with Gasteiger partial charge in [-0.2, -0.15) is 0 Å². The first-order valence-corrected chi connectivity index (χ1v) is 7.02. The van der Waals surface area contributed by atoms with Gasteiger partial charge in [0.05, 0.1) is 6.10 Å². The van der Waals surface area contributed by atoms with Gasteiger partial charge in [-0.3, -0.25) is 0 Å². The molecule has 0 amide bonds. The van der Waals surface area contributed by atoms with Gasteiger partial charge < -0.3 is 14.9 Å². The molecule has 0 radical (unpaired) electrons. The molecule has 0 unspecified atom stereocenters. The van der Waals surface area contributed by atoms with Crippen molar-refractivity contribution in [1.29, 1.82) is 0 Å². The first-order valence-electron chi connectivity index (χ1n) is 7.02. The number of nitrogens with zero attached hydrogens (tertiary/aromatic N) is 1. The number of hydrogen-bond acceptors (Lipinski definition) is 4. The van der Waals surface area contributed by atoms with Crippen molar-refractivity contribution in [3.8, 4) is 17.2 Å². The summed E-state index contributed by atoms with van der Waals surface area (Å²) in [5.74, 6) is 1.45. The Morgan fingerprint density at radius 3 is 2.57 bits per heavy atom. The molecule has 0 spiro atoms. The highest BCUT2D eigenvalue weighted by Gasteiger charge is 2.09. The van der Waals surface area contributed by atoms with Gasteiger partial charge in [0, 0.05) is 12.1 Å². The second kappa shape index (κ2) is 5.58. The number of nitrogens with two attached hydrogens (primary N) is 1. The van der Waals surface area contributed by atoms with Crippen LogP contribution in [0.2, 0.25) is 0 Å². The van der Waals surface area contributed by atoms with Crippen LogP contribution in [0.25, 0.3) is 22.6 Å². The monoisotopic (exact) mass is 282 g/mol. The maximum atomic E-state index is 5.78. The number of rotatable bonds is 4. The second-order valence-electron chi connectivity index (χ2n) is 5.22. The van der Waals surface area contributed by atoms with Crippen LogP contribution < -0.4 is 10.5 Å². The molecule has 1 heterocycles. The summed E-state index contributed by atoms with van der Waals surface area (Å²) in [4.78, 5) is 4.52. The average Bonchev–Trinajstić information content (AvgIpc) is 2.90. The standard InChI is InChI=1S/C17H18N2O2/c1-11(2)20-14-6-4-13(5-7-14)17-19-15-9-12(10-18)3-8-16(15)21-17/h3-9,11H,10,18H2,1-2H3. The van der Waals surface area contributed by atoms with Crippen molar-refractivity contribution in [2.75, 3.05) is 0 Å². The van der Waals surface area contributed by atoms with E-state index in [1.165, 1.54) is 0 Å². The van der Waals surface area contributed by atoms with E-state index in [1.54, 1.807) is 0 Å². The highest BCUT2D eigenvalue weighted by Crippen LogP contribution is 2.26. The lowest BCUT2D eigenvalue weighted by atomic mass is 10.2. The zero-order chi connectivity index (χ0) is 14.8. The van der Waals surface area contributed by atoms with Crippen LogP contribution in [0.4, 0.5) is 0 Å². The van der Waals surface area contributed by atoms with Gasteiger partial charge in [0.25, 0.3) is 0 Å². The number of aromatic nitrogens is 1. The van der Waals surface area contributed by atoms with Crippen LogP contribution in [-0.4, -0.2) is 11.1 Å². The molecule has 0 aliphatic carbocycles. The first-order chi connectivity index (χ1) is 10.2. The Bertz CT molecular complexity index is 745. The Kier molecular flexibility index (Phi) is 3.62. The van der Waals surface area contributed by atoms with Gasteiger partial charge in [-0.15, -0.1) is 0 Å². The van der Waals surface area contributed by atoms with Crippen LogP contribution in [0.3, 0.4) is 0 Å². The molecule has 0 saturated carbocycles. The zero-order valence-corrected chi connectivity index (χ0v) is 12.2. The molecular formula is C17H18N2O2. The minimum Gasteiger partial charge on any atom is -0.491 e. The fourth-order valence-corrected chi connectivity index (χ4v) is 2.17. The summed E-state index contributed by atoms with van der Waals surface area (Å²) in [5.41, 5.74) is 9.21. The Labute approximate surface area is 123 Å². The molecule has 3 rings (SSSR count). The van der Waals surface area contributed by atoms with Gasteiger partial charge in [0.15, 0.2) is 5.58 Å². The number of oxazole rings is 1. The third-order valence-electron chi connectivity index (χ3n) is 3.16. The van der Waals surface area contributed by atoms with Crippen molar-refractivity contribution in [2.45, 2.75) is 26.5 Å². The van der Waals surface area contributed by atoms with Gasteiger partial charge in [-0.05, 0) is 55.8 Å². The highest BCUT2D eigenvalue weighted by molar-refractivity contribution is 5.77. The highest BCUT2D eigenvalue weighted by atomic mass is 16.5. The minimum atomic E-state index is 0.162. The Morgan fingerprint density at radius 2 is 1.90 bits per heavy atom. The molecule has 0 aliphatic heterocycles. The normalized spacial score (nSPS) is 11.2. The van der Waals surface area contributed by atoms with Crippen molar-refractivity contribution in [3.63, 3.8) is 0 Å². The Balaban J connectivity index is 1.92. The van der Waals surface area contributed by atoms with Crippen LogP contribution in [-0.2, 0) is 6.54 Å². The number of ether oxygens (including phenoxy) is 1. The fraction of sp³-hybridized carbons (Fsp3) is 0.235. The third-order valence-corrected chi connectivity index (χ3v) is 3.16. The lowest BCUT2D eigenvalue weighted by Gasteiger charge is -2.09. The van der Waals surface area contributed by atoms with Crippen molar-refractivity contribution in [3.05, 3.63) is 48.0 Å². The average molecular weight is 282 g/mol. The Morgan fingerprint density at radius 1 is 1.14 bits per heavy atom. The zero-order valence-electron chi connectivity index (χ0n) is 12.2. The van der Waals surface area contributed by atoms with E-state index in [-0.39, 0.29) is 6.10 Å². The van der Waals surface area contributed by atoms with Gasteiger partial charge in [-0.25, -0.2) is 4.98 Å². The molecule has 2 N–H and O–H groups in total. The lowest BCUT2D eigenvalue weighted by Crippen LogP contribution is -2.05. The summed E-state index contributed by atoms with van der Waals surface area (Å²) in [6, 6.07) is 13.6. The molecule has 1 aromatic heterocycles. The summed E-state index contributed by atoms with van der Waals surface area (Å²) in [7, 11) is 0. The molecule has 3 aromatic rings. The predicted molar refractivity (Wildman–Crippen MR) is 83.1 cm³/mol. The van der Waals surface area contributed by atoms with E-state index in [1.807, 2.05) is 56.3 Å². The van der Waals surface area contributed by atoms with Crippen molar-refractivity contribution < 1.29 is 9.15 Å². The van der Waals surface area contributed by atoms with Gasteiger partial charge in [0.1, 0.15) is 11.3 Å². The molecule has 0 bridgehead atoms. The fourth-order valence-electron chi connectivity index (χ4n) is 2.17. The van der Waals surface area contributed by atoms with Crippen LogP contribution in [0, 0.1) is 0 Å². The molecule has 0 fully saturated rings. The summed E-state index contributed by atoms with van der Waals surface area (Å²) < 4.78 is 11.4. The third kappa shape index (κ3) is 2.90. The van der Waals surface area contributed by atoms with E-state index < -0.39 is 0 Å². The molecule has 108 valence electrons. The molecule has 4 heteroatoms. The topological polar surface area (TPSA) is 61.3 Å². The molecule has 21 heavy (non-hydrogen) atoms. The largest absolute Gasteiger partial charge is 0.491 e. The minimum absolute atomic E-state index is 0.162. The summed E-state index contributed by atoms with van der Waals surface area (Å²) >= 11 is 0. The van der Waals surface area contributed by atoms with E-state index >= 15 is 0 Å². The molecule has 4 nitrogen and oxygen atoms in total. The second-order valence-corrected chi connectivity index (χ2v) is 5.22. The summed E-state index contributed by atoms with van der Waals surface area (Å²) in [6.45, 7) is 4.51. The molecule has 2 aromatic carbocycles. The number of hydrogen-bond donors (Lipinski definition) is 1. The van der Waals surface area contributed by atoms with Crippen LogP contribution in [0.1, 0.15) is 19.4 Å².